The molecule has 6 heteroatoms. The van der Waals surface area contributed by atoms with E-state index in [4.69, 9.17) is 18.9 Å². The lowest BCUT2D eigenvalue weighted by molar-refractivity contribution is 0.283. The molecular weight excluding hydrogens is 368 g/mol. The fourth-order valence-corrected chi connectivity index (χ4v) is 3.20. The molecule has 0 aliphatic carbocycles. The molecule has 148 valence electrons. The van der Waals surface area contributed by atoms with Gasteiger partial charge in [-0.05, 0) is 48.0 Å². The van der Waals surface area contributed by atoms with Crippen LogP contribution in [0, 0.1) is 0 Å². The van der Waals surface area contributed by atoms with Gasteiger partial charge in [0.2, 0.25) is 0 Å². The average Bonchev–Trinajstić information content (AvgIpc) is 3.21. The summed E-state index contributed by atoms with van der Waals surface area (Å²) in [5, 5.41) is 0. The largest absolute Gasteiger partial charge is 0.497 e. The molecule has 0 amide bonds. The highest BCUT2D eigenvalue weighted by Gasteiger charge is 2.11. The molecule has 0 atom stereocenters. The molecule has 29 heavy (non-hydrogen) atoms. The Balaban J connectivity index is 1.59. The standard InChI is InChI=1S/C23H22N2O4/c1-26-18-10-16(11-19(13-18)27-2)15-29-21-8-7-17(12-22(21)28-3)20-14-24-23-6-4-5-9-25(20)23/h4-14H,15H2,1-3H3. The van der Waals surface area contributed by atoms with Crippen molar-refractivity contribution >= 4 is 5.65 Å². The number of pyridine rings is 1. The Morgan fingerprint density at radius 3 is 2.34 bits per heavy atom. The van der Waals surface area contributed by atoms with E-state index in [0.717, 1.165) is 34.0 Å². The predicted octanol–water partition coefficient (Wildman–Crippen LogP) is 4.61. The minimum atomic E-state index is 0.360. The number of aromatic nitrogens is 2. The quantitative estimate of drug-likeness (QED) is 0.461. The third-order valence-electron chi connectivity index (χ3n) is 4.68. The van der Waals surface area contributed by atoms with Gasteiger partial charge in [-0.1, -0.05) is 6.07 Å². The molecule has 0 bridgehead atoms. The molecule has 0 spiro atoms. The molecule has 0 saturated heterocycles. The van der Waals surface area contributed by atoms with Crippen LogP contribution in [-0.4, -0.2) is 30.7 Å². The second kappa shape index (κ2) is 8.14. The minimum Gasteiger partial charge on any atom is -0.497 e. The van der Waals surface area contributed by atoms with Gasteiger partial charge in [0.1, 0.15) is 23.8 Å². The van der Waals surface area contributed by atoms with Gasteiger partial charge in [0.05, 0.1) is 33.2 Å². The van der Waals surface area contributed by atoms with Crippen LogP contribution < -0.4 is 18.9 Å². The monoisotopic (exact) mass is 390 g/mol. The van der Waals surface area contributed by atoms with Crippen LogP contribution in [0.3, 0.4) is 0 Å². The van der Waals surface area contributed by atoms with Crippen molar-refractivity contribution in [3.8, 4) is 34.3 Å². The maximum Gasteiger partial charge on any atom is 0.161 e. The van der Waals surface area contributed by atoms with Crippen molar-refractivity contribution in [1.82, 2.24) is 9.38 Å². The van der Waals surface area contributed by atoms with E-state index in [-0.39, 0.29) is 0 Å². The number of fused-ring (bicyclic) bond motifs is 1. The second-order valence-electron chi connectivity index (χ2n) is 6.45. The zero-order valence-corrected chi connectivity index (χ0v) is 16.6. The van der Waals surface area contributed by atoms with Gasteiger partial charge in [0.25, 0.3) is 0 Å². The van der Waals surface area contributed by atoms with Crippen molar-refractivity contribution in [2.24, 2.45) is 0 Å². The van der Waals surface area contributed by atoms with E-state index in [2.05, 4.69) is 4.98 Å². The highest BCUT2D eigenvalue weighted by molar-refractivity contribution is 5.67. The van der Waals surface area contributed by atoms with Gasteiger partial charge in [-0.25, -0.2) is 4.98 Å². The molecule has 0 saturated carbocycles. The summed E-state index contributed by atoms with van der Waals surface area (Å²) in [6.45, 7) is 0.360. The van der Waals surface area contributed by atoms with Crippen LogP contribution in [0.5, 0.6) is 23.0 Å². The van der Waals surface area contributed by atoms with Crippen LogP contribution in [0.1, 0.15) is 5.56 Å². The van der Waals surface area contributed by atoms with Crippen molar-refractivity contribution < 1.29 is 18.9 Å². The number of ether oxygens (including phenoxy) is 4. The summed E-state index contributed by atoms with van der Waals surface area (Å²) in [5.74, 6) is 2.76. The van der Waals surface area contributed by atoms with Crippen molar-refractivity contribution in [2.45, 2.75) is 6.61 Å². The number of hydrogen-bond acceptors (Lipinski definition) is 5. The normalized spacial score (nSPS) is 10.7. The van der Waals surface area contributed by atoms with Gasteiger partial charge in [-0.2, -0.15) is 0 Å². The number of nitrogens with zero attached hydrogens (tertiary/aromatic N) is 2. The Hall–Kier alpha value is -3.67. The molecule has 4 aromatic rings. The summed E-state index contributed by atoms with van der Waals surface area (Å²) < 4.78 is 24.3. The zero-order chi connectivity index (χ0) is 20.2. The number of hydrogen-bond donors (Lipinski definition) is 0. The third kappa shape index (κ3) is 3.82. The molecule has 0 fully saturated rings. The van der Waals surface area contributed by atoms with Gasteiger partial charge in [0.15, 0.2) is 11.5 Å². The fourth-order valence-electron chi connectivity index (χ4n) is 3.20. The smallest absolute Gasteiger partial charge is 0.161 e. The van der Waals surface area contributed by atoms with Crippen LogP contribution in [0.15, 0.2) is 67.0 Å². The molecule has 0 N–H and O–H groups in total. The highest BCUT2D eigenvalue weighted by atomic mass is 16.5. The summed E-state index contributed by atoms with van der Waals surface area (Å²) in [5.41, 5.74) is 3.82. The first kappa shape index (κ1) is 18.7. The van der Waals surface area contributed by atoms with E-state index in [1.54, 1.807) is 21.3 Å². The number of rotatable bonds is 7. The summed E-state index contributed by atoms with van der Waals surface area (Å²) in [6, 6.07) is 17.5. The molecule has 2 aromatic carbocycles. The first-order valence-corrected chi connectivity index (χ1v) is 9.17. The molecule has 2 aromatic heterocycles. The van der Waals surface area contributed by atoms with Gasteiger partial charge >= 0.3 is 0 Å². The van der Waals surface area contributed by atoms with E-state index >= 15 is 0 Å². The molecule has 4 rings (SSSR count). The molecule has 6 nitrogen and oxygen atoms in total. The van der Waals surface area contributed by atoms with E-state index < -0.39 is 0 Å². The number of imidazole rings is 1. The first-order chi connectivity index (χ1) is 14.2. The summed E-state index contributed by atoms with van der Waals surface area (Å²) >= 11 is 0. The van der Waals surface area contributed by atoms with E-state index in [1.165, 1.54) is 0 Å². The van der Waals surface area contributed by atoms with Crippen LogP contribution in [-0.2, 0) is 6.61 Å². The first-order valence-electron chi connectivity index (χ1n) is 9.17. The van der Waals surface area contributed by atoms with Crippen molar-refractivity contribution in [2.75, 3.05) is 21.3 Å². The maximum atomic E-state index is 6.01. The molecule has 0 radical (unpaired) electrons. The Kier molecular flexibility index (Phi) is 5.24. The van der Waals surface area contributed by atoms with E-state index in [0.29, 0.717) is 18.1 Å². The lowest BCUT2D eigenvalue weighted by Crippen LogP contribution is -1.99. The van der Waals surface area contributed by atoms with Gasteiger partial charge in [0, 0.05) is 17.8 Å². The number of methoxy groups -OCH3 is 3. The van der Waals surface area contributed by atoms with E-state index in [1.807, 2.05) is 71.4 Å². The average molecular weight is 390 g/mol. The Morgan fingerprint density at radius 2 is 1.62 bits per heavy atom. The lowest BCUT2D eigenvalue weighted by atomic mass is 10.1. The lowest BCUT2D eigenvalue weighted by Gasteiger charge is -2.13. The van der Waals surface area contributed by atoms with Crippen molar-refractivity contribution in [1.29, 1.82) is 0 Å². The summed E-state index contributed by atoms with van der Waals surface area (Å²) in [4.78, 5) is 4.45. The molecule has 0 unspecified atom stereocenters. The molecule has 0 aliphatic heterocycles. The van der Waals surface area contributed by atoms with E-state index in [9.17, 15) is 0 Å². The topological polar surface area (TPSA) is 54.2 Å². The maximum absolute atomic E-state index is 6.01. The fraction of sp³-hybridized carbons (Fsp3) is 0.174. The zero-order valence-electron chi connectivity index (χ0n) is 16.6. The van der Waals surface area contributed by atoms with Crippen LogP contribution in [0.2, 0.25) is 0 Å². The van der Waals surface area contributed by atoms with Crippen LogP contribution in [0.4, 0.5) is 0 Å². The number of benzene rings is 2. The summed E-state index contributed by atoms with van der Waals surface area (Å²) in [7, 11) is 4.89. The van der Waals surface area contributed by atoms with Gasteiger partial charge < -0.3 is 18.9 Å². The van der Waals surface area contributed by atoms with Gasteiger partial charge in [-0.3, -0.25) is 4.40 Å². The Morgan fingerprint density at radius 1 is 0.828 bits per heavy atom. The molecular formula is C23H22N2O4. The molecule has 0 aliphatic rings. The van der Waals surface area contributed by atoms with Crippen LogP contribution >= 0.6 is 0 Å². The van der Waals surface area contributed by atoms with Crippen molar-refractivity contribution in [3.63, 3.8) is 0 Å². The minimum absolute atomic E-state index is 0.360. The van der Waals surface area contributed by atoms with Crippen LogP contribution in [0.25, 0.3) is 16.9 Å². The second-order valence-corrected chi connectivity index (χ2v) is 6.45. The Bertz CT molecular complexity index is 1110. The highest BCUT2D eigenvalue weighted by Crippen LogP contribution is 2.34. The Labute approximate surface area is 169 Å². The molecule has 2 heterocycles. The summed E-state index contributed by atoms with van der Waals surface area (Å²) in [6.07, 6.45) is 3.85. The van der Waals surface area contributed by atoms with Gasteiger partial charge in [-0.15, -0.1) is 0 Å². The van der Waals surface area contributed by atoms with Crippen molar-refractivity contribution in [3.05, 3.63) is 72.6 Å². The SMILES string of the molecule is COc1cc(COc2ccc(-c3cnc4ccccn34)cc2OC)cc(OC)c1. The predicted molar refractivity (Wildman–Crippen MR) is 111 cm³/mol. The third-order valence-corrected chi connectivity index (χ3v) is 4.68.